The maximum absolute atomic E-state index is 12.1. The lowest BCUT2D eigenvalue weighted by molar-refractivity contribution is 0.561. The SMILES string of the molecule is CNCc1sccc1S(=O)(=O)NCc1ccoc1. The molecule has 0 atom stereocenters. The predicted octanol–water partition coefficient (Wildman–Crippen LogP) is 1.54. The largest absolute Gasteiger partial charge is 0.472 e. The van der Waals surface area contributed by atoms with Crippen molar-refractivity contribution in [3.05, 3.63) is 40.5 Å². The van der Waals surface area contributed by atoms with Gasteiger partial charge in [-0.1, -0.05) is 0 Å². The summed E-state index contributed by atoms with van der Waals surface area (Å²) < 4.78 is 31.7. The highest BCUT2D eigenvalue weighted by molar-refractivity contribution is 7.89. The summed E-state index contributed by atoms with van der Waals surface area (Å²) in [6.45, 7) is 0.771. The van der Waals surface area contributed by atoms with Gasteiger partial charge in [-0.2, -0.15) is 0 Å². The van der Waals surface area contributed by atoms with Gasteiger partial charge in [-0.05, 0) is 24.6 Å². The Morgan fingerprint density at radius 2 is 2.17 bits per heavy atom. The van der Waals surface area contributed by atoms with Crippen molar-refractivity contribution in [2.45, 2.75) is 18.0 Å². The molecule has 0 radical (unpaired) electrons. The number of sulfonamides is 1. The maximum atomic E-state index is 12.1. The Morgan fingerprint density at radius 3 is 2.83 bits per heavy atom. The van der Waals surface area contributed by atoms with Crippen molar-refractivity contribution in [1.29, 1.82) is 0 Å². The van der Waals surface area contributed by atoms with Gasteiger partial charge in [0.1, 0.15) is 0 Å². The fraction of sp³-hybridized carbons (Fsp3) is 0.273. The van der Waals surface area contributed by atoms with Gasteiger partial charge in [-0.3, -0.25) is 0 Å². The first-order valence-corrected chi connectivity index (χ1v) is 7.71. The lowest BCUT2D eigenvalue weighted by atomic mass is 10.4. The highest BCUT2D eigenvalue weighted by Crippen LogP contribution is 2.21. The molecular weight excluding hydrogens is 272 g/mol. The van der Waals surface area contributed by atoms with E-state index in [0.29, 0.717) is 11.4 Å². The van der Waals surface area contributed by atoms with E-state index >= 15 is 0 Å². The summed E-state index contributed by atoms with van der Waals surface area (Å²) >= 11 is 1.42. The van der Waals surface area contributed by atoms with E-state index in [9.17, 15) is 8.42 Å². The standard InChI is InChI=1S/C11H14N2O3S2/c1-12-7-10-11(3-5-17-10)18(14,15)13-6-9-2-4-16-8-9/h2-5,8,12-13H,6-7H2,1H3. The van der Waals surface area contributed by atoms with E-state index in [2.05, 4.69) is 10.0 Å². The van der Waals surface area contributed by atoms with Gasteiger partial charge in [0.15, 0.2) is 0 Å². The Balaban J connectivity index is 2.12. The molecule has 2 aromatic rings. The summed E-state index contributed by atoms with van der Waals surface area (Å²) in [7, 11) is -1.68. The summed E-state index contributed by atoms with van der Waals surface area (Å²) in [4.78, 5) is 1.14. The van der Waals surface area contributed by atoms with Gasteiger partial charge in [-0.15, -0.1) is 11.3 Å². The molecule has 2 rings (SSSR count). The molecule has 0 amide bonds. The first-order valence-electron chi connectivity index (χ1n) is 5.35. The number of nitrogens with one attached hydrogen (secondary N) is 2. The average molecular weight is 286 g/mol. The summed E-state index contributed by atoms with van der Waals surface area (Å²) in [5.41, 5.74) is 0.795. The first kappa shape index (κ1) is 13.3. The molecule has 7 heteroatoms. The summed E-state index contributed by atoms with van der Waals surface area (Å²) in [5.74, 6) is 0. The lowest BCUT2D eigenvalue weighted by Crippen LogP contribution is -2.24. The second-order valence-corrected chi connectivity index (χ2v) is 6.43. The van der Waals surface area contributed by atoms with E-state index < -0.39 is 10.0 Å². The van der Waals surface area contributed by atoms with Crippen LogP contribution in [-0.2, 0) is 23.1 Å². The van der Waals surface area contributed by atoms with Gasteiger partial charge in [0.05, 0.1) is 17.4 Å². The van der Waals surface area contributed by atoms with Crippen molar-refractivity contribution < 1.29 is 12.8 Å². The van der Waals surface area contributed by atoms with Crippen molar-refractivity contribution in [1.82, 2.24) is 10.0 Å². The van der Waals surface area contributed by atoms with E-state index in [0.717, 1.165) is 10.4 Å². The molecule has 0 fully saturated rings. The highest BCUT2D eigenvalue weighted by Gasteiger charge is 2.19. The fourth-order valence-electron chi connectivity index (χ4n) is 1.51. The van der Waals surface area contributed by atoms with Gasteiger partial charge in [-0.25, -0.2) is 13.1 Å². The van der Waals surface area contributed by atoms with Gasteiger partial charge < -0.3 is 9.73 Å². The number of rotatable bonds is 6. The minimum atomic E-state index is -3.47. The molecule has 0 aromatic carbocycles. The van der Waals surface area contributed by atoms with E-state index in [-0.39, 0.29) is 6.54 Å². The van der Waals surface area contributed by atoms with Crippen molar-refractivity contribution in [3.8, 4) is 0 Å². The van der Waals surface area contributed by atoms with E-state index in [4.69, 9.17) is 4.42 Å². The van der Waals surface area contributed by atoms with Crippen LogP contribution in [0.1, 0.15) is 10.4 Å². The van der Waals surface area contributed by atoms with Crippen LogP contribution in [0.15, 0.2) is 39.4 Å². The molecule has 5 nitrogen and oxygen atoms in total. The molecule has 98 valence electrons. The topological polar surface area (TPSA) is 71.3 Å². The molecule has 2 heterocycles. The maximum Gasteiger partial charge on any atom is 0.242 e. The number of hydrogen-bond acceptors (Lipinski definition) is 5. The monoisotopic (exact) mass is 286 g/mol. The summed E-state index contributed by atoms with van der Waals surface area (Å²) in [6, 6.07) is 3.35. The molecule has 0 saturated heterocycles. The lowest BCUT2D eigenvalue weighted by Gasteiger charge is -2.06. The van der Waals surface area contributed by atoms with Gasteiger partial charge >= 0.3 is 0 Å². The van der Waals surface area contributed by atoms with Crippen LogP contribution in [0.5, 0.6) is 0 Å². The minimum Gasteiger partial charge on any atom is -0.472 e. The highest BCUT2D eigenvalue weighted by atomic mass is 32.2. The van der Waals surface area contributed by atoms with Crippen LogP contribution in [-0.4, -0.2) is 15.5 Å². The molecule has 2 N–H and O–H groups in total. The van der Waals surface area contributed by atoms with E-state index in [1.807, 2.05) is 0 Å². The molecule has 0 unspecified atom stereocenters. The molecule has 0 bridgehead atoms. The Kier molecular flexibility index (Phi) is 4.18. The number of furan rings is 1. The zero-order chi connectivity index (χ0) is 13.0. The number of thiophene rings is 1. The Labute approximate surface area is 110 Å². The Bertz CT molecular complexity index is 588. The average Bonchev–Trinajstić information content (AvgIpc) is 2.97. The summed E-state index contributed by atoms with van der Waals surface area (Å²) in [6.07, 6.45) is 3.03. The normalized spacial score (nSPS) is 11.8. The predicted molar refractivity (Wildman–Crippen MR) is 69.8 cm³/mol. The fourth-order valence-corrected chi connectivity index (χ4v) is 3.98. The van der Waals surface area contributed by atoms with E-state index in [1.165, 1.54) is 23.9 Å². The molecule has 0 aliphatic heterocycles. The zero-order valence-electron chi connectivity index (χ0n) is 9.84. The van der Waals surface area contributed by atoms with Crippen molar-refractivity contribution >= 4 is 21.4 Å². The minimum absolute atomic E-state index is 0.230. The second kappa shape index (κ2) is 5.66. The van der Waals surface area contributed by atoms with Crippen LogP contribution in [0.2, 0.25) is 0 Å². The third kappa shape index (κ3) is 2.99. The van der Waals surface area contributed by atoms with Crippen LogP contribution in [0.25, 0.3) is 0 Å². The van der Waals surface area contributed by atoms with Gasteiger partial charge in [0, 0.05) is 23.5 Å². The molecule has 2 aromatic heterocycles. The molecule has 0 aliphatic carbocycles. The number of hydrogen-bond donors (Lipinski definition) is 2. The third-order valence-corrected chi connectivity index (χ3v) is 4.91. The molecule has 0 spiro atoms. The molecule has 0 aliphatic rings. The van der Waals surface area contributed by atoms with Crippen LogP contribution >= 0.6 is 11.3 Å². The second-order valence-electron chi connectivity index (χ2n) is 3.69. The summed E-state index contributed by atoms with van der Waals surface area (Å²) in [5, 5.41) is 4.73. The zero-order valence-corrected chi connectivity index (χ0v) is 11.5. The van der Waals surface area contributed by atoms with E-state index in [1.54, 1.807) is 24.6 Å². The van der Waals surface area contributed by atoms with Crippen molar-refractivity contribution in [3.63, 3.8) is 0 Å². The van der Waals surface area contributed by atoms with Gasteiger partial charge in [0.2, 0.25) is 10.0 Å². The third-order valence-electron chi connectivity index (χ3n) is 2.38. The Morgan fingerprint density at radius 1 is 1.33 bits per heavy atom. The van der Waals surface area contributed by atoms with Crippen LogP contribution < -0.4 is 10.0 Å². The quantitative estimate of drug-likeness (QED) is 0.845. The molecule has 18 heavy (non-hydrogen) atoms. The van der Waals surface area contributed by atoms with Gasteiger partial charge in [0.25, 0.3) is 0 Å². The van der Waals surface area contributed by atoms with Crippen molar-refractivity contribution in [2.24, 2.45) is 0 Å². The smallest absolute Gasteiger partial charge is 0.242 e. The molecular formula is C11H14N2O3S2. The van der Waals surface area contributed by atoms with Crippen molar-refractivity contribution in [2.75, 3.05) is 7.05 Å². The molecule has 0 saturated carbocycles. The van der Waals surface area contributed by atoms with Crippen LogP contribution in [0.3, 0.4) is 0 Å². The van der Waals surface area contributed by atoms with Crippen LogP contribution in [0.4, 0.5) is 0 Å². The van der Waals surface area contributed by atoms with Crippen LogP contribution in [0, 0.1) is 0 Å². The first-order chi connectivity index (χ1) is 8.63. The Hall–Kier alpha value is -1.15.